The summed E-state index contributed by atoms with van der Waals surface area (Å²) in [6, 6.07) is 19.4. The van der Waals surface area contributed by atoms with Crippen molar-refractivity contribution in [1.29, 1.82) is 0 Å². The molecule has 0 spiro atoms. The number of carbonyl (C=O) groups excluding carboxylic acids is 1. The fourth-order valence-corrected chi connectivity index (χ4v) is 4.05. The molecule has 1 saturated heterocycles. The number of amides is 1. The third-order valence-corrected chi connectivity index (χ3v) is 5.82. The Kier molecular flexibility index (Phi) is 7.71. The zero-order valence-corrected chi connectivity index (χ0v) is 17.4. The van der Waals surface area contributed by atoms with Crippen LogP contribution in [0.25, 0.3) is 0 Å². The quantitative estimate of drug-likeness (QED) is 0.685. The minimum atomic E-state index is -0.770. The lowest BCUT2D eigenvalue weighted by Crippen LogP contribution is -2.46. The highest BCUT2D eigenvalue weighted by atomic mass is 16.5. The Labute approximate surface area is 178 Å². The maximum absolute atomic E-state index is 12.7. The van der Waals surface area contributed by atoms with Crippen LogP contribution in [0.15, 0.2) is 60.7 Å². The first-order valence-corrected chi connectivity index (χ1v) is 10.5. The number of anilines is 1. The zero-order chi connectivity index (χ0) is 21.3. The van der Waals surface area contributed by atoms with Crippen molar-refractivity contribution in [2.24, 2.45) is 11.8 Å². The lowest BCUT2D eigenvalue weighted by atomic mass is 9.81. The average molecular weight is 411 g/mol. The van der Waals surface area contributed by atoms with Gasteiger partial charge in [0, 0.05) is 38.8 Å². The van der Waals surface area contributed by atoms with Crippen LogP contribution < -0.4 is 9.64 Å². The minimum absolute atomic E-state index is 0.00421. The van der Waals surface area contributed by atoms with Crippen LogP contribution in [-0.4, -0.2) is 55.2 Å². The summed E-state index contributed by atoms with van der Waals surface area (Å²) >= 11 is 0. The van der Waals surface area contributed by atoms with Crippen molar-refractivity contribution in [3.63, 3.8) is 0 Å². The average Bonchev–Trinajstić information content (AvgIpc) is 2.77. The number of piperidine rings is 1. The fourth-order valence-electron chi connectivity index (χ4n) is 4.05. The molecule has 6 heteroatoms. The Balaban J connectivity index is 1.57. The Morgan fingerprint density at radius 2 is 1.73 bits per heavy atom. The number of carbonyl (C=O) groups is 2. The molecule has 0 aliphatic carbocycles. The van der Waals surface area contributed by atoms with Crippen LogP contribution in [0.3, 0.4) is 0 Å². The van der Waals surface area contributed by atoms with Crippen molar-refractivity contribution in [3.8, 4) is 5.75 Å². The van der Waals surface area contributed by atoms with Crippen LogP contribution in [0, 0.1) is 11.8 Å². The largest absolute Gasteiger partial charge is 0.484 e. The minimum Gasteiger partial charge on any atom is -0.484 e. The molecule has 30 heavy (non-hydrogen) atoms. The number of carboxylic acid groups (broad SMARTS) is 1. The molecular formula is C24H30N2O4. The van der Waals surface area contributed by atoms with E-state index in [2.05, 4.69) is 17.0 Å². The maximum atomic E-state index is 12.7. The van der Waals surface area contributed by atoms with E-state index in [0.29, 0.717) is 25.3 Å². The lowest BCUT2D eigenvalue weighted by molar-refractivity contribution is -0.140. The maximum Gasteiger partial charge on any atom is 0.303 e. The van der Waals surface area contributed by atoms with E-state index < -0.39 is 5.97 Å². The number of hydrogen-bond donors (Lipinski definition) is 1. The van der Waals surface area contributed by atoms with Crippen molar-refractivity contribution < 1.29 is 19.4 Å². The van der Waals surface area contributed by atoms with Crippen LogP contribution in [0.5, 0.6) is 5.75 Å². The first kappa shape index (κ1) is 21.7. The summed E-state index contributed by atoms with van der Waals surface area (Å²) in [7, 11) is 2.04. The molecule has 6 nitrogen and oxygen atoms in total. The number of rotatable bonds is 9. The van der Waals surface area contributed by atoms with Gasteiger partial charge in [0.25, 0.3) is 5.91 Å². The van der Waals surface area contributed by atoms with Crippen LogP contribution in [-0.2, 0) is 9.59 Å². The molecule has 2 atom stereocenters. The van der Waals surface area contributed by atoms with Crippen molar-refractivity contribution in [1.82, 2.24) is 4.90 Å². The summed E-state index contributed by atoms with van der Waals surface area (Å²) in [6.07, 6.45) is 1.71. The summed E-state index contributed by atoms with van der Waals surface area (Å²) in [6.45, 7) is 1.98. The number of para-hydroxylation sites is 2. The first-order chi connectivity index (χ1) is 14.5. The molecule has 1 aliphatic rings. The van der Waals surface area contributed by atoms with Crippen molar-refractivity contribution in [2.45, 2.75) is 19.3 Å². The van der Waals surface area contributed by atoms with Gasteiger partial charge in [-0.1, -0.05) is 36.4 Å². The molecule has 0 radical (unpaired) electrons. The van der Waals surface area contributed by atoms with E-state index in [0.717, 1.165) is 18.7 Å². The standard InChI is InChI=1S/C24H30N2O4/c1-25(21-8-4-2-5-9-21)14-12-20-17-26(15-13-19(20)16-24(28)29)23(27)18-30-22-10-6-3-7-11-22/h2-11,19-20H,12-18H2,1H3,(H,28,29)/t19-,20-/m0/s1. The van der Waals surface area contributed by atoms with Gasteiger partial charge in [0.2, 0.25) is 0 Å². The van der Waals surface area contributed by atoms with E-state index >= 15 is 0 Å². The topological polar surface area (TPSA) is 70.1 Å². The summed E-state index contributed by atoms with van der Waals surface area (Å²) < 4.78 is 5.61. The SMILES string of the molecule is CN(CC[C@H]1CN(C(=O)COc2ccccc2)CC[C@H]1CC(=O)O)c1ccccc1. The van der Waals surface area contributed by atoms with E-state index in [1.54, 1.807) is 0 Å². The molecule has 0 saturated carbocycles. The van der Waals surface area contributed by atoms with Gasteiger partial charge in [0.1, 0.15) is 5.75 Å². The fraction of sp³-hybridized carbons (Fsp3) is 0.417. The third kappa shape index (κ3) is 6.24. The summed E-state index contributed by atoms with van der Waals surface area (Å²) in [5.41, 5.74) is 1.13. The molecular weight excluding hydrogens is 380 g/mol. The lowest BCUT2D eigenvalue weighted by Gasteiger charge is -2.39. The molecule has 2 aromatic rings. The molecule has 1 fully saturated rings. The van der Waals surface area contributed by atoms with E-state index in [-0.39, 0.29) is 30.8 Å². The molecule has 2 aromatic carbocycles. The number of nitrogens with zero attached hydrogens (tertiary/aromatic N) is 2. The number of hydrogen-bond acceptors (Lipinski definition) is 4. The summed E-state index contributed by atoms with van der Waals surface area (Å²) in [5, 5.41) is 9.31. The van der Waals surface area contributed by atoms with Crippen LogP contribution in [0.1, 0.15) is 19.3 Å². The molecule has 160 valence electrons. The van der Waals surface area contributed by atoms with Gasteiger partial charge < -0.3 is 19.6 Å². The predicted molar refractivity (Wildman–Crippen MR) is 117 cm³/mol. The zero-order valence-electron chi connectivity index (χ0n) is 17.4. The Hall–Kier alpha value is -3.02. The van der Waals surface area contributed by atoms with Gasteiger partial charge in [-0.15, -0.1) is 0 Å². The van der Waals surface area contributed by atoms with E-state index in [1.807, 2.05) is 60.5 Å². The number of aliphatic carboxylic acids is 1. The van der Waals surface area contributed by atoms with Crippen molar-refractivity contribution >= 4 is 17.6 Å². The first-order valence-electron chi connectivity index (χ1n) is 10.5. The van der Waals surface area contributed by atoms with Gasteiger partial charge in [-0.25, -0.2) is 0 Å². The summed E-state index contributed by atoms with van der Waals surface area (Å²) in [4.78, 5) is 28.0. The van der Waals surface area contributed by atoms with Gasteiger partial charge in [0.05, 0.1) is 0 Å². The van der Waals surface area contributed by atoms with Crippen LogP contribution >= 0.6 is 0 Å². The normalized spacial score (nSPS) is 18.6. The predicted octanol–water partition coefficient (Wildman–Crippen LogP) is 3.53. The van der Waals surface area contributed by atoms with Gasteiger partial charge in [-0.05, 0) is 48.9 Å². The Morgan fingerprint density at radius 3 is 2.40 bits per heavy atom. The van der Waals surface area contributed by atoms with Crippen molar-refractivity contribution in [2.75, 3.05) is 38.2 Å². The highest BCUT2D eigenvalue weighted by Gasteiger charge is 2.32. The molecule has 1 N–H and O–H groups in total. The van der Waals surface area contributed by atoms with E-state index in [4.69, 9.17) is 4.74 Å². The number of benzene rings is 2. The smallest absolute Gasteiger partial charge is 0.303 e. The van der Waals surface area contributed by atoms with Gasteiger partial charge in [-0.2, -0.15) is 0 Å². The van der Waals surface area contributed by atoms with Gasteiger partial charge in [0.15, 0.2) is 6.61 Å². The van der Waals surface area contributed by atoms with Crippen LogP contribution in [0.2, 0.25) is 0 Å². The number of likely N-dealkylation sites (tertiary alicyclic amines) is 1. The number of carboxylic acids is 1. The van der Waals surface area contributed by atoms with Gasteiger partial charge in [-0.3, -0.25) is 9.59 Å². The molecule has 1 amide bonds. The van der Waals surface area contributed by atoms with Gasteiger partial charge >= 0.3 is 5.97 Å². The van der Waals surface area contributed by atoms with Crippen molar-refractivity contribution in [3.05, 3.63) is 60.7 Å². The second kappa shape index (κ2) is 10.7. The second-order valence-electron chi connectivity index (χ2n) is 7.89. The highest BCUT2D eigenvalue weighted by Crippen LogP contribution is 2.30. The van der Waals surface area contributed by atoms with E-state index in [1.165, 1.54) is 0 Å². The molecule has 1 heterocycles. The summed E-state index contributed by atoms with van der Waals surface area (Å²) in [5.74, 6) is 0.0998. The molecule has 0 unspecified atom stereocenters. The Morgan fingerprint density at radius 1 is 1.07 bits per heavy atom. The Bertz CT molecular complexity index is 812. The molecule has 3 rings (SSSR count). The number of ether oxygens (including phenoxy) is 1. The van der Waals surface area contributed by atoms with Crippen LogP contribution in [0.4, 0.5) is 5.69 Å². The molecule has 0 bridgehead atoms. The second-order valence-corrected chi connectivity index (χ2v) is 7.89. The van der Waals surface area contributed by atoms with E-state index in [9.17, 15) is 14.7 Å². The third-order valence-electron chi connectivity index (χ3n) is 5.82. The highest BCUT2D eigenvalue weighted by molar-refractivity contribution is 5.78. The molecule has 0 aromatic heterocycles. The molecule has 1 aliphatic heterocycles. The monoisotopic (exact) mass is 410 g/mol.